The second kappa shape index (κ2) is 6.64. The standard InChI is InChI=1S/C17H22N4O2S/c1-11-4-7-13(24-11)9-18-15(22)10-21-8-2-3-14(21)16-19-17(23-20-16)12-5-6-12/h4,7,12,14H,2-3,5-6,8-10H2,1H3,(H,18,22)/t14-/m0/s1. The van der Waals surface area contributed by atoms with E-state index < -0.39 is 0 Å². The zero-order chi connectivity index (χ0) is 16.5. The van der Waals surface area contributed by atoms with Gasteiger partial charge in [-0.1, -0.05) is 5.16 Å². The minimum absolute atomic E-state index is 0.0545. The van der Waals surface area contributed by atoms with Crippen LogP contribution in [-0.4, -0.2) is 34.0 Å². The van der Waals surface area contributed by atoms with Crippen molar-refractivity contribution in [2.45, 2.75) is 51.1 Å². The number of thiophene rings is 1. The van der Waals surface area contributed by atoms with Gasteiger partial charge in [0, 0.05) is 15.7 Å². The fourth-order valence-electron chi connectivity index (χ4n) is 3.19. The number of carbonyl (C=O) groups is 1. The number of likely N-dealkylation sites (tertiary alicyclic amines) is 1. The van der Waals surface area contributed by atoms with Crippen molar-refractivity contribution in [3.8, 4) is 0 Å². The van der Waals surface area contributed by atoms with Gasteiger partial charge >= 0.3 is 0 Å². The van der Waals surface area contributed by atoms with Crippen LogP contribution in [0.15, 0.2) is 16.7 Å². The normalized spacial score (nSPS) is 21.3. The molecular weight excluding hydrogens is 324 g/mol. The van der Waals surface area contributed by atoms with E-state index in [4.69, 9.17) is 4.52 Å². The lowest BCUT2D eigenvalue weighted by Crippen LogP contribution is -2.36. The molecule has 7 heteroatoms. The molecule has 1 aliphatic heterocycles. The molecular formula is C17H22N4O2S. The number of nitrogens with one attached hydrogen (secondary N) is 1. The van der Waals surface area contributed by atoms with Gasteiger partial charge in [-0.25, -0.2) is 0 Å². The Bertz CT molecular complexity index is 722. The highest BCUT2D eigenvalue weighted by Gasteiger charge is 2.34. The van der Waals surface area contributed by atoms with Crippen LogP contribution in [0.2, 0.25) is 0 Å². The Balaban J connectivity index is 1.33. The number of aryl methyl sites for hydroxylation is 1. The third-order valence-corrected chi connectivity index (χ3v) is 5.65. The first-order valence-corrected chi connectivity index (χ1v) is 9.40. The maximum atomic E-state index is 12.3. The molecule has 1 saturated carbocycles. The summed E-state index contributed by atoms with van der Waals surface area (Å²) in [5.41, 5.74) is 0. The molecule has 2 fully saturated rings. The molecule has 1 aliphatic carbocycles. The molecule has 24 heavy (non-hydrogen) atoms. The maximum Gasteiger partial charge on any atom is 0.234 e. The lowest BCUT2D eigenvalue weighted by atomic mass is 10.2. The van der Waals surface area contributed by atoms with E-state index in [1.54, 1.807) is 11.3 Å². The number of hydrogen-bond acceptors (Lipinski definition) is 6. The summed E-state index contributed by atoms with van der Waals surface area (Å²) in [7, 11) is 0. The van der Waals surface area contributed by atoms with Crippen LogP contribution in [0.3, 0.4) is 0 Å². The summed E-state index contributed by atoms with van der Waals surface area (Å²) in [5.74, 6) is 2.04. The molecule has 0 spiro atoms. The molecule has 1 N–H and O–H groups in total. The molecule has 128 valence electrons. The summed E-state index contributed by atoms with van der Waals surface area (Å²) in [6.45, 7) is 3.97. The number of rotatable bonds is 6. The SMILES string of the molecule is Cc1ccc(CNC(=O)CN2CCC[C@H]2c2noc(C3CC3)n2)s1. The van der Waals surface area contributed by atoms with Crippen molar-refractivity contribution in [2.75, 3.05) is 13.1 Å². The highest BCUT2D eigenvalue weighted by Crippen LogP contribution is 2.40. The van der Waals surface area contributed by atoms with Gasteiger partial charge in [0.05, 0.1) is 19.1 Å². The van der Waals surface area contributed by atoms with Gasteiger partial charge in [0.2, 0.25) is 11.8 Å². The molecule has 0 bridgehead atoms. The molecule has 2 aromatic heterocycles. The highest BCUT2D eigenvalue weighted by atomic mass is 32.1. The Morgan fingerprint density at radius 1 is 1.42 bits per heavy atom. The predicted octanol–water partition coefficient (Wildman–Crippen LogP) is 2.77. The summed E-state index contributed by atoms with van der Waals surface area (Å²) in [4.78, 5) is 21.4. The maximum absolute atomic E-state index is 12.3. The summed E-state index contributed by atoms with van der Waals surface area (Å²) < 4.78 is 5.37. The van der Waals surface area contributed by atoms with Crippen LogP contribution in [0.5, 0.6) is 0 Å². The third-order valence-electron chi connectivity index (χ3n) is 4.65. The van der Waals surface area contributed by atoms with Crippen LogP contribution >= 0.6 is 11.3 Å². The van der Waals surface area contributed by atoms with E-state index in [1.807, 2.05) is 0 Å². The Morgan fingerprint density at radius 2 is 2.29 bits per heavy atom. The average Bonchev–Trinajstić information content (AvgIpc) is 2.97. The van der Waals surface area contributed by atoms with Gasteiger partial charge in [0.1, 0.15) is 0 Å². The molecule has 1 atom stereocenters. The van der Waals surface area contributed by atoms with E-state index >= 15 is 0 Å². The highest BCUT2D eigenvalue weighted by molar-refractivity contribution is 7.11. The Labute approximate surface area is 145 Å². The molecule has 6 nitrogen and oxygen atoms in total. The average molecular weight is 346 g/mol. The van der Waals surface area contributed by atoms with Crippen molar-refractivity contribution in [2.24, 2.45) is 0 Å². The van der Waals surface area contributed by atoms with Gasteiger partial charge in [0.25, 0.3) is 0 Å². The van der Waals surface area contributed by atoms with E-state index in [2.05, 4.69) is 39.4 Å². The first kappa shape index (κ1) is 15.8. The first-order valence-electron chi connectivity index (χ1n) is 8.58. The zero-order valence-corrected chi connectivity index (χ0v) is 14.6. The van der Waals surface area contributed by atoms with Gasteiger partial charge in [0.15, 0.2) is 5.82 Å². The van der Waals surface area contributed by atoms with Crippen LogP contribution in [0.1, 0.15) is 59.1 Å². The smallest absolute Gasteiger partial charge is 0.234 e. The van der Waals surface area contributed by atoms with Gasteiger partial charge in [-0.3, -0.25) is 9.69 Å². The van der Waals surface area contributed by atoms with Crippen molar-refractivity contribution >= 4 is 17.2 Å². The summed E-state index contributed by atoms with van der Waals surface area (Å²) in [6.07, 6.45) is 4.36. The molecule has 1 saturated heterocycles. The summed E-state index contributed by atoms with van der Waals surface area (Å²) in [6, 6.07) is 4.25. The Hall–Kier alpha value is -1.73. The number of carbonyl (C=O) groups excluding carboxylic acids is 1. The first-order chi connectivity index (χ1) is 11.7. The van der Waals surface area contributed by atoms with E-state index in [9.17, 15) is 4.79 Å². The second-order valence-corrected chi connectivity index (χ2v) is 8.06. The van der Waals surface area contributed by atoms with E-state index in [-0.39, 0.29) is 11.9 Å². The molecule has 0 radical (unpaired) electrons. The molecule has 1 amide bonds. The van der Waals surface area contributed by atoms with Crippen LogP contribution in [0.25, 0.3) is 0 Å². The third kappa shape index (κ3) is 3.52. The minimum atomic E-state index is 0.0545. The van der Waals surface area contributed by atoms with Gasteiger partial charge in [-0.2, -0.15) is 4.98 Å². The van der Waals surface area contributed by atoms with Crippen molar-refractivity contribution in [3.63, 3.8) is 0 Å². The number of aromatic nitrogens is 2. The summed E-state index contributed by atoms with van der Waals surface area (Å²) in [5, 5.41) is 7.17. The lowest BCUT2D eigenvalue weighted by molar-refractivity contribution is -0.122. The molecule has 0 unspecified atom stereocenters. The fraction of sp³-hybridized carbons (Fsp3) is 0.588. The van der Waals surface area contributed by atoms with Crippen LogP contribution in [-0.2, 0) is 11.3 Å². The monoisotopic (exact) mass is 346 g/mol. The molecule has 0 aromatic carbocycles. The molecule has 2 aromatic rings. The number of nitrogens with zero attached hydrogens (tertiary/aromatic N) is 3. The number of amides is 1. The van der Waals surface area contributed by atoms with Crippen LogP contribution in [0, 0.1) is 6.92 Å². The zero-order valence-electron chi connectivity index (χ0n) is 13.8. The Kier molecular flexibility index (Phi) is 4.37. The quantitative estimate of drug-likeness (QED) is 0.871. The van der Waals surface area contributed by atoms with Crippen LogP contribution < -0.4 is 5.32 Å². The number of hydrogen-bond donors (Lipinski definition) is 1. The second-order valence-electron chi connectivity index (χ2n) is 6.68. The topological polar surface area (TPSA) is 71.3 Å². The van der Waals surface area contributed by atoms with Crippen molar-refractivity contribution in [1.82, 2.24) is 20.4 Å². The largest absolute Gasteiger partial charge is 0.350 e. The van der Waals surface area contributed by atoms with Gasteiger partial charge in [-0.05, 0) is 51.3 Å². The summed E-state index contributed by atoms with van der Waals surface area (Å²) >= 11 is 1.72. The van der Waals surface area contributed by atoms with E-state index in [0.29, 0.717) is 19.0 Å². The molecule has 4 rings (SSSR count). The van der Waals surface area contributed by atoms with E-state index in [1.165, 1.54) is 9.75 Å². The Morgan fingerprint density at radius 3 is 3.04 bits per heavy atom. The van der Waals surface area contributed by atoms with Crippen molar-refractivity contribution in [1.29, 1.82) is 0 Å². The molecule has 2 aliphatic rings. The van der Waals surface area contributed by atoms with Gasteiger partial charge < -0.3 is 9.84 Å². The fourth-order valence-corrected chi connectivity index (χ4v) is 4.02. The van der Waals surface area contributed by atoms with E-state index in [0.717, 1.165) is 43.9 Å². The van der Waals surface area contributed by atoms with Crippen molar-refractivity contribution < 1.29 is 9.32 Å². The van der Waals surface area contributed by atoms with Crippen LogP contribution in [0.4, 0.5) is 0 Å². The minimum Gasteiger partial charge on any atom is -0.350 e. The van der Waals surface area contributed by atoms with Gasteiger partial charge in [-0.15, -0.1) is 11.3 Å². The predicted molar refractivity (Wildman–Crippen MR) is 90.7 cm³/mol. The lowest BCUT2D eigenvalue weighted by Gasteiger charge is -2.21. The van der Waals surface area contributed by atoms with Crippen molar-refractivity contribution in [3.05, 3.63) is 33.6 Å². The molecule has 3 heterocycles.